The van der Waals surface area contributed by atoms with Crippen molar-refractivity contribution in [3.63, 3.8) is 0 Å². The first-order valence-electron chi connectivity index (χ1n) is 6.45. The van der Waals surface area contributed by atoms with Crippen LogP contribution in [0.3, 0.4) is 0 Å². The Balaban J connectivity index is 2.34. The van der Waals surface area contributed by atoms with Gasteiger partial charge in [0, 0.05) is 0 Å². The van der Waals surface area contributed by atoms with Crippen LogP contribution in [0.2, 0.25) is 0 Å². The zero-order valence-electron chi connectivity index (χ0n) is 11.6. The van der Waals surface area contributed by atoms with Crippen molar-refractivity contribution in [2.75, 3.05) is 0 Å². The van der Waals surface area contributed by atoms with Gasteiger partial charge in [0.05, 0.1) is 16.7 Å². The lowest BCUT2D eigenvalue weighted by Crippen LogP contribution is -2.07. The van der Waals surface area contributed by atoms with E-state index in [1.54, 1.807) is 10.6 Å². The van der Waals surface area contributed by atoms with Crippen molar-refractivity contribution < 1.29 is 14.3 Å². The molecule has 0 spiro atoms. The van der Waals surface area contributed by atoms with Crippen LogP contribution in [0.25, 0.3) is 16.7 Å². The van der Waals surface area contributed by atoms with Crippen LogP contribution in [0, 0.1) is 19.7 Å². The molecule has 0 atom stereocenters. The first-order chi connectivity index (χ1) is 9.99. The van der Waals surface area contributed by atoms with Gasteiger partial charge in [-0.05, 0) is 49.2 Å². The molecule has 1 heterocycles. The molecule has 4 nitrogen and oxygen atoms in total. The Hall–Kier alpha value is -2.69. The summed E-state index contributed by atoms with van der Waals surface area (Å²) in [5.41, 5.74) is 3.59. The summed E-state index contributed by atoms with van der Waals surface area (Å²) in [6.45, 7) is 3.95. The maximum Gasteiger partial charge on any atom is 0.340 e. The number of carboxylic acid groups (broad SMARTS) is 1. The van der Waals surface area contributed by atoms with Crippen LogP contribution < -0.4 is 0 Å². The third kappa shape index (κ3) is 2.07. The van der Waals surface area contributed by atoms with Gasteiger partial charge in [-0.1, -0.05) is 6.07 Å². The molecule has 2 aromatic carbocycles. The molecule has 1 aromatic heterocycles. The Morgan fingerprint density at radius 1 is 1.24 bits per heavy atom. The summed E-state index contributed by atoms with van der Waals surface area (Å²) in [6, 6.07) is 8.06. The molecule has 0 bridgehead atoms. The van der Waals surface area contributed by atoms with Gasteiger partial charge in [0.2, 0.25) is 0 Å². The van der Waals surface area contributed by atoms with Gasteiger partial charge in [-0.3, -0.25) is 4.57 Å². The van der Waals surface area contributed by atoms with Gasteiger partial charge in [0.15, 0.2) is 0 Å². The average Bonchev–Trinajstić information content (AvgIpc) is 2.81. The van der Waals surface area contributed by atoms with Crippen LogP contribution in [-0.2, 0) is 0 Å². The average molecular weight is 284 g/mol. The lowest BCUT2D eigenvalue weighted by atomic mass is 10.1. The fourth-order valence-electron chi connectivity index (χ4n) is 2.38. The molecule has 0 unspecified atom stereocenters. The molecule has 106 valence electrons. The topological polar surface area (TPSA) is 55.1 Å². The quantitative estimate of drug-likeness (QED) is 0.783. The third-order valence-electron chi connectivity index (χ3n) is 3.63. The Morgan fingerprint density at radius 3 is 2.67 bits per heavy atom. The maximum absolute atomic E-state index is 13.8. The van der Waals surface area contributed by atoms with Crippen LogP contribution in [0.1, 0.15) is 21.5 Å². The lowest BCUT2D eigenvalue weighted by Gasteiger charge is -2.10. The summed E-state index contributed by atoms with van der Waals surface area (Å²) >= 11 is 0. The van der Waals surface area contributed by atoms with Gasteiger partial charge in [0.25, 0.3) is 0 Å². The molecule has 0 amide bonds. The number of halogens is 1. The number of carboxylic acids is 1. The fraction of sp³-hybridized carbons (Fsp3) is 0.125. The molecule has 0 aliphatic rings. The minimum absolute atomic E-state index is 0.272. The second-order valence-electron chi connectivity index (χ2n) is 4.98. The van der Waals surface area contributed by atoms with Gasteiger partial charge in [-0.25, -0.2) is 14.2 Å². The summed E-state index contributed by atoms with van der Waals surface area (Å²) < 4.78 is 15.4. The normalized spacial score (nSPS) is 11.0. The number of fused-ring (bicyclic) bond motifs is 1. The van der Waals surface area contributed by atoms with Gasteiger partial charge in [-0.15, -0.1) is 0 Å². The van der Waals surface area contributed by atoms with Crippen molar-refractivity contribution in [2.24, 2.45) is 0 Å². The molecule has 21 heavy (non-hydrogen) atoms. The SMILES string of the molecule is Cc1cc2ncn(-c3cccc(F)c3C(=O)O)c2cc1C. The zero-order chi connectivity index (χ0) is 15.1. The number of imidazole rings is 1. The number of aromatic nitrogens is 2. The van der Waals surface area contributed by atoms with E-state index in [2.05, 4.69) is 4.98 Å². The minimum atomic E-state index is -1.30. The molecule has 0 aliphatic carbocycles. The molecular formula is C16H13FN2O2. The van der Waals surface area contributed by atoms with E-state index in [-0.39, 0.29) is 11.3 Å². The van der Waals surface area contributed by atoms with Crippen molar-refractivity contribution in [1.29, 1.82) is 0 Å². The summed E-state index contributed by atoms with van der Waals surface area (Å²) in [4.78, 5) is 15.6. The van der Waals surface area contributed by atoms with Crippen molar-refractivity contribution in [3.8, 4) is 5.69 Å². The molecule has 3 aromatic rings. The van der Waals surface area contributed by atoms with Crippen LogP contribution in [0.4, 0.5) is 4.39 Å². The Morgan fingerprint density at radius 2 is 1.95 bits per heavy atom. The number of aryl methyl sites for hydroxylation is 2. The molecule has 0 saturated carbocycles. The standard InChI is InChI=1S/C16H13FN2O2/c1-9-6-12-14(7-10(9)2)19(8-18-12)13-5-3-4-11(17)15(13)16(20)21/h3-8H,1-2H3,(H,20,21). The van der Waals surface area contributed by atoms with E-state index in [0.717, 1.165) is 28.2 Å². The number of benzene rings is 2. The molecular weight excluding hydrogens is 271 g/mol. The Bertz CT molecular complexity index is 868. The van der Waals surface area contributed by atoms with Crippen molar-refractivity contribution in [1.82, 2.24) is 9.55 Å². The maximum atomic E-state index is 13.8. The highest BCUT2D eigenvalue weighted by Crippen LogP contribution is 2.25. The zero-order valence-corrected chi connectivity index (χ0v) is 11.6. The van der Waals surface area contributed by atoms with Gasteiger partial charge in [-0.2, -0.15) is 0 Å². The minimum Gasteiger partial charge on any atom is -0.478 e. The number of nitrogens with zero attached hydrogens (tertiary/aromatic N) is 2. The van der Waals surface area contributed by atoms with Gasteiger partial charge >= 0.3 is 5.97 Å². The molecule has 0 fully saturated rings. The van der Waals surface area contributed by atoms with Gasteiger partial charge in [0.1, 0.15) is 17.7 Å². The van der Waals surface area contributed by atoms with Crippen LogP contribution in [0.15, 0.2) is 36.7 Å². The van der Waals surface area contributed by atoms with Crippen molar-refractivity contribution in [2.45, 2.75) is 13.8 Å². The highest BCUT2D eigenvalue weighted by atomic mass is 19.1. The molecule has 0 aliphatic heterocycles. The largest absolute Gasteiger partial charge is 0.478 e. The first-order valence-corrected chi connectivity index (χ1v) is 6.45. The van der Waals surface area contributed by atoms with Crippen LogP contribution in [0.5, 0.6) is 0 Å². The van der Waals surface area contributed by atoms with Crippen LogP contribution >= 0.6 is 0 Å². The second-order valence-corrected chi connectivity index (χ2v) is 4.98. The van der Waals surface area contributed by atoms with Crippen LogP contribution in [-0.4, -0.2) is 20.6 Å². The van der Waals surface area contributed by atoms with E-state index in [1.807, 2.05) is 26.0 Å². The first kappa shape index (κ1) is 13.3. The summed E-state index contributed by atoms with van der Waals surface area (Å²) in [5.74, 6) is -2.06. The summed E-state index contributed by atoms with van der Waals surface area (Å²) in [6.07, 6.45) is 1.52. The molecule has 0 radical (unpaired) electrons. The number of aromatic carboxylic acids is 1. The molecule has 3 rings (SSSR count). The Kier molecular flexibility index (Phi) is 2.97. The monoisotopic (exact) mass is 284 g/mol. The summed E-state index contributed by atoms with van der Waals surface area (Å²) in [5, 5.41) is 9.24. The lowest BCUT2D eigenvalue weighted by molar-refractivity contribution is 0.0692. The molecule has 5 heteroatoms. The third-order valence-corrected chi connectivity index (χ3v) is 3.63. The molecule has 1 N–H and O–H groups in total. The smallest absolute Gasteiger partial charge is 0.340 e. The predicted molar refractivity (Wildman–Crippen MR) is 77.5 cm³/mol. The second kappa shape index (κ2) is 4.70. The van der Waals surface area contributed by atoms with Crippen molar-refractivity contribution in [3.05, 3.63) is 59.2 Å². The number of hydrogen-bond acceptors (Lipinski definition) is 2. The van der Waals surface area contributed by atoms with Crippen molar-refractivity contribution >= 4 is 17.0 Å². The van der Waals surface area contributed by atoms with E-state index in [4.69, 9.17) is 0 Å². The number of rotatable bonds is 2. The van der Waals surface area contributed by atoms with Gasteiger partial charge < -0.3 is 5.11 Å². The summed E-state index contributed by atoms with van der Waals surface area (Å²) in [7, 11) is 0. The molecule has 0 saturated heterocycles. The number of hydrogen-bond donors (Lipinski definition) is 1. The Labute approximate surface area is 120 Å². The van der Waals surface area contributed by atoms with E-state index >= 15 is 0 Å². The highest BCUT2D eigenvalue weighted by Gasteiger charge is 2.18. The van der Waals surface area contributed by atoms with E-state index in [9.17, 15) is 14.3 Å². The van der Waals surface area contributed by atoms with E-state index < -0.39 is 11.8 Å². The number of carbonyl (C=O) groups is 1. The highest BCUT2D eigenvalue weighted by molar-refractivity contribution is 5.93. The predicted octanol–water partition coefficient (Wildman–Crippen LogP) is 3.48. The van der Waals surface area contributed by atoms with E-state index in [0.29, 0.717) is 0 Å². The van der Waals surface area contributed by atoms with E-state index in [1.165, 1.54) is 12.4 Å². The fourth-order valence-corrected chi connectivity index (χ4v) is 2.38.